The summed E-state index contributed by atoms with van der Waals surface area (Å²) in [6.07, 6.45) is 5.51. The average Bonchev–Trinajstić information content (AvgIpc) is 3.47. The second kappa shape index (κ2) is 16.2. The fourth-order valence-electron chi connectivity index (χ4n) is 10.5. The van der Waals surface area contributed by atoms with Crippen LogP contribution in [0, 0.1) is 41.4 Å². The molecule has 4 saturated heterocycles. The summed E-state index contributed by atoms with van der Waals surface area (Å²) in [4.78, 5) is 26.4. The largest absolute Gasteiger partial charge is 0.481 e. The Labute approximate surface area is 317 Å². The highest BCUT2D eigenvalue weighted by Crippen LogP contribution is 2.54. The van der Waals surface area contributed by atoms with Crippen molar-refractivity contribution in [2.24, 2.45) is 41.4 Å². The number of carboxylic acids is 1. The molecule has 0 aromatic heterocycles. The van der Waals surface area contributed by atoms with Gasteiger partial charge in [0.25, 0.3) is 0 Å². The van der Waals surface area contributed by atoms with Gasteiger partial charge in [0.2, 0.25) is 5.79 Å². The molecule has 11 nitrogen and oxygen atoms in total. The molecule has 5 heterocycles. The van der Waals surface area contributed by atoms with Gasteiger partial charge in [-0.3, -0.25) is 9.59 Å². The van der Waals surface area contributed by atoms with Crippen molar-refractivity contribution >= 4 is 11.8 Å². The predicted octanol–water partition coefficient (Wildman–Crippen LogP) is 6.19. The Bertz CT molecular complexity index is 1320. The van der Waals surface area contributed by atoms with E-state index in [2.05, 4.69) is 20.8 Å². The second-order valence-electron chi connectivity index (χ2n) is 17.9. The van der Waals surface area contributed by atoms with E-state index in [0.717, 1.165) is 6.42 Å². The van der Waals surface area contributed by atoms with Crippen LogP contribution in [0.1, 0.15) is 133 Å². The molecule has 0 aromatic carbocycles. The van der Waals surface area contributed by atoms with E-state index in [-0.39, 0.29) is 41.8 Å². The average molecular weight is 751 g/mol. The summed E-state index contributed by atoms with van der Waals surface area (Å²) in [5, 5.41) is 44.0. The van der Waals surface area contributed by atoms with Crippen LogP contribution >= 0.6 is 0 Å². The maximum absolute atomic E-state index is 14.4. The number of hydrogen-bond acceptors (Lipinski definition) is 10. The van der Waals surface area contributed by atoms with Gasteiger partial charge in [-0.05, 0) is 95.6 Å². The van der Waals surface area contributed by atoms with Crippen LogP contribution in [-0.2, 0) is 33.3 Å². The van der Waals surface area contributed by atoms with Crippen molar-refractivity contribution in [1.29, 1.82) is 0 Å². The molecular formula is C42H70O11. The minimum atomic E-state index is -1.37. The molecule has 5 aliphatic heterocycles. The van der Waals surface area contributed by atoms with Gasteiger partial charge in [0.15, 0.2) is 5.79 Å². The van der Waals surface area contributed by atoms with Crippen LogP contribution in [0.25, 0.3) is 0 Å². The lowest BCUT2D eigenvalue weighted by atomic mass is 9.72. The lowest BCUT2D eigenvalue weighted by molar-refractivity contribution is -0.409. The van der Waals surface area contributed by atoms with E-state index in [1.165, 1.54) is 0 Å². The number of carboxylic acid groups (broad SMARTS) is 1. The highest BCUT2D eigenvalue weighted by Gasteiger charge is 2.63. The van der Waals surface area contributed by atoms with Gasteiger partial charge in [0, 0.05) is 30.1 Å². The standard InChI is InChI=1S/C42H70O11/c1-11-29(38(46)47)31-15-14-23(4)36(50-31)27(8)34(44)26(7)35(45)30(12-2)37-24(5)22-25(6)41(51-37)19-16-32(43)42(53-41)21-20-39(10,52-42)33-17-18-40(48,13-3)28(9)49-33/h16,19,23-34,36-37,43-44,48H,11-15,17-18,20-22H2,1-10H3,(H,46,47)/t23-,24+,25-,26+,27-,28+,29-,30+,31-,32-,33-,34+,36-,37-,39-,40+,41-,42+/m0/s1. The molecule has 4 N–H and O–H groups in total. The van der Waals surface area contributed by atoms with Crippen LogP contribution in [-0.4, -0.2) is 97.7 Å². The monoisotopic (exact) mass is 750 g/mol. The van der Waals surface area contributed by atoms with Crippen molar-refractivity contribution in [2.75, 3.05) is 0 Å². The third-order valence-electron chi connectivity index (χ3n) is 14.4. The minimum absolute atomic E-state index is 0.0137. The normalized spacial score (nSPS) is 46.2. The second-order valence-corrected chi connectivity index (χ2v) is 17.9. The number of ether oxygens (including phenoxy) is 5. The Hall–Kier alpha value is -1.44. The first-order chi connectivity index (χ1) is 24.8. The van der Waals surface area contributed by atoms with Crippen molar-refractivity contribution in [3.8, 4) is 0 Å². The number of aliphatic hydroxyl groups excluding tert-OH is 2. The van der Waals surface area contributed by atoms with Crippen molar-refractivity contribution in [3.63, 3.8) is 0 Å². The summed E-state index contributed by atoms with van der Waals surface area (Å²) in [6, 6.07) is 0. The van der Waals surface area contributed by atoms with E-state index in [9.17, 15) is 30.0 Å². The number of aliphatic carboxylic acids is 1. The van der Waals surface area contributed by atoms with Crippen LogP contribution in [0.4, 0.5) is 0 Å². The molecular weight excluding hydrogens is 680 g/mol. The zero-order chi connectivity index (χ0) is 39.3. The number of hydrogen-bond donors (Lipinski definition) is 4. The summed E-state index contributed by atoms with van der Waals surface area (Å²) in [5.74, 6) is -5.78. The molecule has 0 amide bonds. The Morgan fingerprint density at radius 2 is 1.57 bits per heavy atom. The number of ketones is 1. The van der Waals surface area contributed by atoms with Gasteiger partial charge in [-0.15, -0.1) is 0 Å². The van der Waals surface area contributed by atoms with Crippen LogP contribution in [0.5, 0.6) is 0 Å². The Kier molecular flexibility index (Phi) is 13.0. The van der Waals surface area contributed by atoms with Crippen molar-refractivity contribution in [2.45, 2.75) is 199 Å². The molecule has 0 aromatic rings. The Morgan fingerprint density at radius 3 is 2.17 bits per heavy atom. The molecule has 53 heavy (non-hydrogen) atoms. The van der Waals surface area contributed by atoms with Crippen LogP contribution in [0.2, 0.25) is 0 Å². The highest BCUT2D eigenvalue weighted by atomic mass is 16.8. The molecule has 0 aliphatic carbocycles. The molecule has 2 spiro atoms. The van der Waals surface area contributed by atoms with E-state index < -0.39 is 76.8 Å². The number of carbonyl (C=O) groups excluding carboxylic acids is 1. The van der Waals surface area contributed by atoms with Crippen LogP contribution in [0.15, 0.2) is 12.2 Å². The fraction of sp³-hybridized carbons (Fsp3) is 0.905. The van der Waals surface area contributed by atoms with Crippen molar-refractivity contribution < 1.29 is 53.7 Å². The van der Waals surface area contributed by atoms with Gasteiger partial charge < -0.3 is 44.1 Å². The molecule has 4 fully saturated rings. The third-order valence-corrected chi connectivity index (χ3v) is 14.4. The molecule has 0 saturated carbocycles. The topological polar surface area (TPSA) is 161 Å². The smallest absolute Gasteiger partial charge is 0.309 e. The quantitative estimate of drug-likeness (QED) is 0.169. The maximum atomic E-state index is 14.4. The van der Waals surface area contributed by atoms with Gasteiger partial charge in [-0.2, -0.15) is 0 Å². The lowest BCUT2D eigenvalue weighted by Gasteiger charge is -2.54. The van der Waals surface area contributed by atoms with Crippen molar-refractivity contribution in [1.82, 2.24) is 0 Å². The zero-order valence-corrected chi connectivity index (χ0v) is 34.0. The van der Waals surface area contributed by atoms with Crippen molar-refractivity contribution in [3.05, 3.63) is 12.2 Å². The van der Waals surface area contributed by atoms with Gasteiger partial charge in [0.1, 0.15) is 11.9 Å². The molecule has 5 rings (SSSR count). The summed E-state index contributed by atoms with van der Waals surface area (Å²) in [7, 11) is 0. The van der Waals surface area contributed by atoms with E-state index in [1.807, 2.05) is 41.5 Å². The number of Topliss-reactive ketones (excluding diaryl/α,β-unsaturated/α-hetero) is 1. The summed E-state index contributed by atoms with van der Waals surface area (Å²) in [5.41, 5.74) is -1.63. The molecule has 5 aliphatic rings. The van der Waals surface area contributed by atoms with Gasteiger partial charge in [-0.25, -0.2) is 0 Å². The van der Waals surface area contributed by atoms with Gasteiger partial charge in [0.05, 0.1) is 53.7 Å². The molecule has 18 atom stereocenters. The first-order valence-electron chi connectivity index (χ1n) is 20.7. The number of rotatable bonds is 12. The highest BCUT2D eigenvalue weighted by molar-refractivity contribution is 5.84. The molecule has 0 radical (unpaired) electrons. The number of aliphatic hydroxyl groups is 3. The third kappa shape index (κ3) is 7.94. The fourth-order valence-corrected chi connectivity index (χ4v) is 10.5. The predicted molar refractivity (Wildman–Crippen MR) is 199 cm³/mol. The minimum Gasteiger partial charge on any atom is -0.481 e. The molecule has 304 valence electrons. The summed E-state index contributed by atoms with van der Waals surface area (Å²) < 4.78 is 33.5. The Morgan fingerprint density at radius 1 is 0.887 bits per heavy atom. The van der Waals surface area contributed by atoms with Crippen LogP contribution in [0.3, 0.4) is 0 Å². The Balaban J connectivity index is 1.31. The SMILES string of the molecule is CC[C@H](C(=O)[C@H](C)[C@@H](O)[C@H](C)[C@H]1O[C@H]([C@H](CC)C(=O)O)CC[C@@H]1C)[C@H]1O[C@]2(C=C[C@H](O)[C@@]3(CC[C@@](C)([C@@H]4CC[C@](O)(CC)[C@@H](C)O4)O3)O2)[C@@H](C)C[C@H]1C. The van der Waals surface area contributed by atoms with E-state index in [4.69, 9.17) is 23.7 Å². The van der Waals surface area contributed by atoms with Crippen LogP contribution < -0.4 is 0 Å². The zero-order valence-electron chi connectivity index (χ0n) is 34.0. The van der Waals surface area contributed by atoms with E-state index >= 15 is 0 Å². The first kappa shape index (κ1) is 42.7. The number of carbonyl (C=O) groups is 2. The maximum Gasteiger partial charge on any atom is 0.309 e. The molecule has 0 bridgehead atoms. The first-order valence-corrected chi connectivity index (χ1v) is 20.7. The lowest BCUT2D eigenvalue weighted by Crippen LogP contribution is -2.63. The molecule has 0 unspecified atom stereocenters. The molecule has 11 heteroatoms. The van der Waals surface area contributed by atoms with E-state index in [0.29, 0.717) is 57.8 Å². The van der Waals surface area contributed by atoms with E-state index in [1.54, 1.807) is 19.1 Å². The van der Waals surface area contributed by atoms with Gasteiger partial charge >= 0.3 is 5.97 Å². The van der Waals surface area contributed by atoms with Gasteiger partial charge in [-0.1, -0.05) is 55.4 Å². The summed E-state index contributed by atoms with van der Waals surface area (Å²) >= 11 is 0. The summed E-state index contributed by atoms with van der Waals surface area (Å²) in [6.45, 7) is 19.6.